The molecule has 9 nitrogen and oxygen atoms in total. The molecule has 0 radical (unpaired) electrons. The molecule has 0 bridgehead atoms. The Morgan fingerprint density at radius 1 is 1.30 bits per heavy atom. The number of benzene rings is 1. The van der Waals surface area contributed by atoms with Crippen molar-refractivity contribution < 1.29 is 18.7 Å². The number of nitrogens with two attached hydrogens (primary N) is 2. The van der Waals surface area contributed by atoms with E-state index >= 15 is 0 Å². The zero-order valence-electron chi connectivity index (χ0n) is 14.2. The number of carbonyl (C=O) groups is 1. The zero-order chi connectivity index (χ0) is 19.4. The Morgan fingerprint density at radius 3 is 2.74 bits per heavy atom. The molecule has 1 aliphatic rings. The number of aliphatic imine (C=N–C) groups is 1. The van der Waals surface area contributed by atoms with E-state index in [0.717, 1.165) is 0 Å². The summed E-state index contributed by atoms with van der Waals surface area (Å²) in [4.78, 5) is 29.9. The minimum Gasteiger partial charge on any atom is -0.485 e. The Morgan fingerprint density at radius 2 is 2.07 bits per heavy atom. The zero-order valence-corrected chi connectivity index (χ0v) is 14.2. The second-order valence-corrected chi connectivity index (χ2v) is 5.87. The maximum Gasteiger partial charge on any atom is 0.437 e. The van der Waals surface area contributed by atoms with Crippen LogP contribution in [0.5, 0.6) is 5.75 Å². The van der Waals surface area contributed by atoms with E-state index < -0.39 is 17.9 Å². The van der Waals surface area contributed by atoms with Crippen molar-refractivity contribution in [3.05, 3.63) is 58.3 Å². The highest BCUT2D eigenvalue weighted by Crippen LogP contribution is 2.28. The number of anilines is 1. The van der Waals surface area contributed by atoms with Crippen LogP contribution in [0.25, 0.3) is 0 Å². The fourth-order valence-electron chi connectivity index (χ4n) is 2.57. The molecule has 5 N–H and O–H groups in total. The van der Waals surface area contributed by atoms with Crippen LogP contribution >= 0.6 is 0 Å². The lowest BCUT2D eigenvalue weighted by Crippen LogP contribution is -2.54. The van der Waals surface area contributed by atoms with Crippen LogP contribution in [-0.4, -0.2) is 36.2 Å². The average Bonchev–Trinajstić information content (AvgIpc) is 2.58. The predicted octanol–water partition coefficient (Wildman–Crippen LogP) is 0.692. The van der Waals surface area contributed by atoms with Gasteiger partial charge in [0.15, 0.2) is 11.8 Å². The van der Waals surface area contributed by atoms with Crippen LogP contribution in [0.1, 0.15) is 5.56 Å². The maximum absolute atomic E-state index is 14.7. The molecule has 27 heavy (non-hydrogen) atoms. The molecule has 1 fully saturated rings. The summed E-state index contributed by atoms with van der Waals surface area (Å²) in [6, 6.07) is 7.76. The number of halogens is 1. The number of aromatic amines is 1. The monoisotopic (exact) mass is 375 g/mol. The van der Waals surface area contributed by atoms with Crippen LogP contribution in [-0.2, 0) is 11.3 Å². The number of aromatic nitrogens is 1. The van der Waals surface area contributed by atoms with Crippen molar-refractivity contribution in [3.8, 4) is 5.75 Å². The lowest BCUT2D eigenvalue weighted by Gasteiger charge is -2.40. The van der Waals surface area contributed by atoms with Crippen molar-refractivity contribution in [2.24, 2.45) is 16.5 Å². The summed E-state index contributed by atoms with van der Waals surface area (Å²) in [7, 11) is 0. The smallest absolute Gasteiger partial charge is 0.437 e. The van der Waals surface area contributed by atoms with Crippen LogP contribution < -0.4 is 26.7 Å². The number of nitrogens with zero attached hydrogens (tertiary/aromatic N) is 2. The van der Waals surface area contributed by atoms with E-state index in [-0.39, 0.29) is 23.8 Å². The van der Waals surface area contributed by atoms with Crippen molar-refractivity contribution in [2.45, 2.75) is 12.7 Å². The quantitative estimate of drug-likeness (QED) is 0.517. The van der Waals surface area contributed by atoms with Gasteiger partial charge >= 0.3 is 6.09 Å². The minimum atomic E-state index is -0.988. The Balaban J connectivity index is 1.58. The third-order valence-electron chi connectivity index (χ3n) is 3.88. The number of carbonyl (C=O) groups excluding carboxylic acids is 1. The molecule has 0 unspecified atom stereocenters. The molecule has 2 heterocycles. The summed E-state index contributed by atoms with van der Waals surface area (Å²) in [6.45, 7) is 0.668. The number of amides is 1. The summed E-state index contributed by atoms with van der Waals surface area (Å²) < 4.78 is 25.2. The third-order valence-corrected chi connectivity index (χ3v) is 3.88. The second kappa shape index (κ2) is 7.77. The number of ether oxygens (including phenoxy) is 2. The lowest BCUT2D eigenvalue weighted by molar-refractivity contribution is 0.149. The average molecular weight is 375 g/mol. The highest BCUT2D eigenvalue weighted by molar-refractivity contribution is 5.87. The Bertz CT molecular complexity index is 899. The first-order valence-electron chi connectivity index (χ1n) is 8.06. The van der Waals surface area contributed by atoms with Crippen molar-refractivity contribution in [1.82, 2.24) is 4.98 Å². The van der Waals surface area contributed by atoms with Gasteiger partial charge in [0.1, 0.15) is 18.5 Å². The van der Waals surface area contributed by atoms with Crippen LogP contribution in [0, 0.1) is 5.82 Å². The van der Waals surface area contributed by atoms with Gasteiger partial charge < -0.3 is 30.8 Å². The number of nitrogens with one attached hydrogen (secondary N) is 1. The molecular formula is C17H18FN5O4. The van der Waals surface area contributed by atoms with Crippen molar-refractivity contribution in [3.63, 3.8) is 0 Å². The number of pyridine rings is 1. The number of guanidine groups is 1. The van der Waals surface area contributed by atoms with E-state index in [9.17, 15) is 14.0 Å². The molecule has 1 aromatic carbocycles. The molecule has 0 atom stereocenters. The molecule has 2 aromatic rings. The third kappa shape index (κ3) is 4.54. The van der Waals surface area contributed by atoms with Crippen molar-refractivity contribution in [1.29, 1.82) is 0 Å². The van der Waals surface area contributed by atoms with Crippen LogP contribution in [0.4, 0.5) is 14.9 Å². The molecule has 1 saturated heterocycles. The van der Waals surface area contributed by atoms with Gasteiger partial charge in [-0.25, -0.2) is 9.18 Å². The number of hydrogen-bond acceptors (Lipinski definition) is 5. The molecule has 1 amide bonds. The molecule has 0 spiro atoms. The number of H-pyrrole nitrogens is 1. The summed E-state index contributed by atoms with van der Waals surface area (Å²) in [5.41, 5.74) is 10.5. The summed E-state index contributed by atoms with van der Waals surface area (Å²) in [5.74, 6) is -0.374. The van der Waals surface area contributed by atoms with Gasteiger partial charge in [0.05, 0.1) is 18.8 Å². The van der Waals surface area contributed by atoms with E-state index in [2.05, 4.69) is 9.98 Å². The fraction of sp³-hybridized carbons (Fsp3) is 0.235. The van der Waals surface area contributed by atoms with Gasteiger partial charge in [-0.15, -0.1) is 4.99 Å². The SMILES string of the molecule is NC(N)=NC(=O)OCc1cccc(N2CC(Oc3ccc(=O)[nH]c3)C2)c1F. The van der Waals surface area contributed by atoms with Crippen LogP contribution in [0.3, 0.4) is 0 Å². The highest BCUT2D eigenvalue weighted by Gasteiger charge is 2.31. The topological polar surface area (TPSA) is 136 Å². The van der Waals surface area contributed by atoms with Gasteiger partial charge in [0.25, 0.3) is 0 Å². The molecule has 1 aromatic heterocycles. The molecule has 3 rings (SSSR count). The summed E-state index contributed by atoms with van der Waals surface area (Å²) in [6.07, 6.45) is 0.369. The van der Waals surface area contributed by atoms with Crippen molar-refractivity contribution in [2.75, 3.05) is 18.0 Å². The first-order valence-corrected chi connectivity index (χ1v) is 8.06. The minimum absolute atomic E-state index is 0.126. The maximum atomic E-state index is 14.7. The lowest BCUT2D eigenvalue weighted by atomic mass is 10.1. The molecule has 10 heteroatoms. The van der Waals surface area contributed by atoms with E-state index in [1.807, 2.05) is 0 Å². The number of rotatable bonds is 5. The van der Waals surface area contributed by atoms with Crippen LogP contribution in [0.15, 0.2) is 46.3 Å². The standard InChI is InChI=1S/C17H18FN5O4/c18-15-10(9-26-17(25)22-16(19)20)2-1-3-13(15)23-7-12(8-23)27-11-4-5-14(24)21-6-11/h1-6,12H,7-9H2,(H,21,24)(H4,19,20,22,25). The van der Waals surface area contributed by atoms with E-state index in [4.69, 9.17) is 20.9 Å². The molecule has 142 valence electrons. The molecule has 0 saturated carbocycles. The van der Waals surface area contributed by atoms with Gasteiger partial charge in [0, 0.05) is 17.8 Å². The van der Waals surface area contributed by atoms with E-state index in [0.29, 0.717) is 24.5 Å². The number of hydrogen-bond donors (Lipinski definition) is 3. The van der Waals surface area contributed by atoms with Crippen LogP contribution in [0.2, 0.25) is 0 Å². The largest absolute Gasteiger partial charge is 0.485 e. The van der Waals surface area contributed by atoms with Crippen molar-refractivity contribution >= 4 is 17.7 Å². The Hall–Kier alpha value is -3.56. The molecular weight excluding hydrogens is 357 g/mol. The van der Waals surface area contributed by atoms with Gasteiger partial charge in [-0.2, -0.15) is 0 Å². The predicted molar refractivity (Wildman–Crippen MR) is 96.1 cm³/mol. The summed E-state index contributed by atoms with van der Waals surface area (Å²) in [5, 5.41) is 0. The summed E-state index contributed by atoms with van der Waals surface area (Å²) >= 11 is 0. The first kappa shape index (κ1) is 18.2. The first-order chi connectivity index (χ1) is 12.9. The van der Waals surface area contributed by atoms with Gasteiger partial charge in [-0.1, -0.05) is 12.1 Å². The second-order valence-electron chi connectivity index (χ2n) is 5.87. The van der Waals surface area contributed by atoms with Gasteiger partial charge in [-0.3, -0.25) is 4.79 Å². The normalized spacial score (nSPS) is 13.6. The Labute approximate surface area is 153 Å². The van der Waals surface area contributed by atoms with Gasteiger partial charge in [0.2, 0.25) is 5.56 Å². The molecule has 1 aliphatic heterocycles. The van der Waals surface area contributed by atoms with E-state index in [1.54, 1.807) is 23.1 Å². The van der Waals surface area contributed by atoms with E-state index in [1.165, 1.54) is 18.3 Å². The fourth-order valence-corrected chi connectivity index (χ4v) is 2.57. The Kier molecular flexibility index (Phi) is 5.25. The highest BCUT2D eigenvalue weighted by atomic mass is 19.1. The van der Waals surface area contributed by atoms with Gasteiger partial charge in [-0.05, 0) is 12.1 Å². The molecule has 0 aliphatic carbocycles.